The smallest absolute Gasteiger partial charge is 0.295 e. The number of aliphatic hydroxyl groups excluding tert-OH is 1. The number of aliphatic hydroxyl groups is 1. The molecule has 9 heteroatoms. The Kier molecular flexibility index (Phi) is 7.43. The molecule has 1 N–H and O–H groups in total. The summed E-state index contributed by atoms with van der Waals surface area (Å²) in [4.78, 5) is 30.4. The summed E-state index contributed by atoms with van der Waals surface area (Å²) in [6, 6.07) is 11.4. The fourth-order valence-corrected chi connectivity index (χ4v) is 4.81. The number of hydrogen-bond acceptors (Lipinski definition) is 8. The van der Waals surface area contributed by atoms with Gasteiger partial charge in [-0.05, 0) is 35.9 Å². The first-order valence-corrected chi connectivity index (χ1v) is 12.4. The minimum atomic E-state index is -0.776. The highest BCUT2D eigenvalue weighted by molar-refractivity contribution is 6.46. The molecule has 2 saturated heterocycles. The summed E-state index contributed by atoms with van der Waals surface area (Å²) in [5, 5.41) is 11.4. The van der Waals surface area contributed by atoms with E-state index < -0.39 is 17.7 Å². The second kappa shape index (κ2) is 11.1. The number of amides is 1. The van der Waals surface area contributed by atoms with Gasteiger partial charge in [-0.2, -0.15) is 0 Å². The van der Waals surface area contributed by atoms with E-state index in [0.29, 0.717) is 74.5 Å². The second-order valence-electron chi connectivity index (χ2n) is 8.98. The zero-order valence-corrected chi connectivity index (χ0v) is 20.6. The first-order chi connectivity index (χ1) is 18.1. The van der Waals surface area contributed by atoms with Crippen LogP contribution in [0.15, 0.2) is 60.7 Å². The van der Waals surface area contributed by atoms with Crippen molar-refractivity contribution < 1.29 is 33.6 Å². The Labute approximate surface area is 215 Å². The average molecular weight is 507 g/mol. The van der Waals surface area contributed by atoms with Gasteiger partial charge in [0.1, 0.15) is 31.3 Å². The minimum absolute atomic E-state index is 0.0320. The fourth-order valence-electron chi connectivity index (χ4n) is 4.81. The maximum atomic E-state index is 13.4. The molecule has 1 atom stereocenters. The van der Waals surface area contributed by atoms with Gasteiger partial charge in [-0.1, -0.05) is 24.8 Å². The van der Waals surface area contributed by atoms with Crippen molar-refractivity contribution in [1.29, 1.82) is 0 Å². The van der Waals surface area contributed by atoms with Crippen LogP contribution in [-0.2, 0) is 14.3 Å². The number of likely N-dealkylation sites (tertiary alicyclic amines) is 1. The highest BCUT2D eigenvalue weighted by atomic mass is 16.6. The van der Waals surface area contributed by atoms with E-state index in [1.54, 1.807) is 42.5 Å². The SMILES string of the molecule is C=CCOc1cccc([C@@H]2/C(=C(\O)c3ccc4c(c3)OCCO4)C(=O)C(=O)N2CCN2CCOCC2)c1. The lowest BCUT2D eigenvalue weighted by molar-refractivity contribution is -0.140. The third-order valence-corrected chi connectivity index (χ3v) is 6.66. The number of benzene rings is 2. The number of hydrogen-bond donors (Lipinski definition) is 1. The van der Waals surface area contributed by atoms with Crippen molar-refractivity contribution in [2.75, 3.05) is 59.2 Å². The fraction of sp³-hybridized carbons (Fsp3) is 0.357. The number of nitrogens with zero attached hydrogens (tertiary/aromatic N) is 2. The summed E-state index contributed by atoms with van der Waals surface area (Å²) in [6.45, 7) is 8.53. The second-order valence-corrected chi connectivity index (χ2v) is 8.98. The standard InChI is InChI=1S/C28H30N2O7/c1-2-12-35-21-5-3-4-19(17-21)25-24(26(31)20-6-7-22-23(18-20)37-16-15-36-22)27(32)28(33)30(25)9-8-29-10-13-34-14-11-29/h2-7,17-18,25,31H,1,8-16H2/b26-24+/t25-/m1/s1. The van der Waals surface area contributed by atoms with Gasteiger partial charge in [0.15, 0.2) is 11.5 Å². The lowest BCUT2D eigenvalue weighted by atomic mass is 9.95. The molecule has 9 nitrogen and oxygen atoms in total. The quantitative estimate of drug-likeness (QED) is 0.253. The van der Waals surface area contributed by atoms with Crippen LogP contribution in [0.25, 0.3) is 5.76 Å². The molecule has 0 aliphatic carbocycles. The van der Waals surface area contributed by atoms with Crippen molar-refractivity contribution >= 4 is 17.4 Å². The van der Waals surface area contributed by atoms with Gasteiger partial charge in [-0.25, -0.2) is 0 Å². The molecule has 3 aliphatic heterocycles. The molecule has 0 spiro atoms. The lowest BCUT2D eigenvalue weighted by Gasteiger charge is -2.31. The van der Waals surface area contributed by atoms with E-state index in [2.05, 4.69) is 11.5 Å². The number of morpholine rings is 1. The van der Waals surface area contributed by atoms with Crippen molar-refractivity contribution in [3.63, 3.8) is 0 Å². The van der Waals surface area contributed by atoms with Gasteiger partial charge in [0.25, 0.3) is 11.7 Å². The first kappa shape index (κ1) is 24.9. The molecule has 3 heterocycles. The van der Waals surface area contributed by atoms with Crippen molar-refractivity contribution in [3.8, 4) is 17.2 Å². The van der Waals surface area contributed by atoms with Gasteiger partial charge in [0.2, 0.25) is 0 Å². The highest BCUT2D eigenvalue weighted by Crippen LogP contribution is 2.41. The summed E-state index contributed by atoms with van der Waals surface area (Å²) in [6.07, 6.45) is 1.64. The zero-order valence-electron chi connectivity index (χ0n) is 20.6. The van der Waals surface area contributed by atoms with Crippen LogP contribution in [0.2, 0.25) is 0 Å². The molecule has 2 aromatic carbocycles. The van der Waals surface area contributed by atoms with Crippen LogP contribution in [0.4, 0.5) is 0 Å². The molecule has 1 amide bonds. The molecule has 194 valence electrons. The molecular weight excluding hydrogens is 476 g/mol. The lowest BCUT2D eigenvalue weighted by Crippen LogP contribution is -2.42. The zero-order chi connectivity index (χ0) is 25.8. The molecule has 37 heavy (non-hydrogen) atoms. The van der Waals surface area contributed by atoms with Crippen LogP contribution in [0, 0.1) is 0 Å². The summed E-state index contributed by atoms with van der Waals surface area (Å²) < 4.78 is 22.4. The number of ether oxygens (including phenoxy) is 4. The highest BCUT2D eigenvalue weighted by Gasteiger charge is 2.46. The van der Waals surface area contributed by atoms with Crippen molar-refractivity contribution in [2.24, 2.45) is 0 Å². The van der Waals surface area contributed by atoms with E-state index >= 15 is 0 Å². The number of ketones is 1. The topological polar surface area (TPSA) is 97.8 Å². The normalized spacial score (nSPS) is 21.2. The third kappa shape index (κ3) is 5.19. The Morgan fingerprint density at radius 1 is 1.03 bits per heavy atom. The van der Waals surface area contributed by atoms with Crippen LogP contribution >= 0.6 is 0 Å². The Morgan fingerprint density at radius 3 is 2.59 bits per heavy atom. The number of fused-ring (bicyclic) bond motifs is 1. The predicted octanol–water partition coefficient (Wildman–Crippen LogP) is 2.78. The van der Waals surface area contributed by atoms with Crippen LogP contribution < -0.4 is 14.2 Å². The molecule has 0 bridgehead atoms. The van der Waals surface area contributed by atoms with Gasteiger partial charge in [-0.3, -0.25) is 14.5 Å². The van der Waals surface area contributed by atoms with E-state index in [1.807, 2.05) is 6.07 Å². The summed E-state index contributed by atoms with van der Waals surface area (Å²) in [7, 11) is 0. The maximum Gasteiger partial charge on any atom is 0.295 e. The van der Waals surface area contributed by atoms with Crippen LogP contribution in [-0.4, -0.2) is 85.8 Å². The molecular formula is C28H30N2O7. The number of rotatable bonds is 8. The Balaban J connectivity index is 1.54. The van der Waals surface area contributed by atoms with Crippen LogP contribution in [0.1, 0.15) is 17.2 Å². The average Bonchev–Trinajstić information content (AvgIpc) is 3.20. The monoisotopic (exact) mass is 506 g/mol. The summed E-state index contributed by atoms with van der Waals surface area (Å²) in [5.41, 5.74) is 1.07. The molecule has 0 saturated carbocycles. The molecule has 2 aromatic rings. The Hall–Kier alpha value is -3.82. The Bertz CT molecular complexity index is 1220. The number of carbonyl (C=O) groups is 2. The van der Waals surface area contributed by atoms with Gasteiger partial charge in [0.05, 0.1) is 24.8 Å². The first-order valence-electron chi connectivity index (χ1n) is 12.4. The summed E-state index contributed by atoms with van der Waals surface area (Å²) >= 11 is 0. The van der Waals surface area contributed by atoms with Gasteiger partial charge in [0, 0.05) is 31.7 Å². The summed E-state index contributed by atoms with van der Waals surface area (Å²) in [5.74, 6) is -0.000694. The molecule has 3 aliphatic rings. The number of carbonyl (C=O) groups excluding carboxylic acids is 2. The van der Waals surface area contributed by atoms with Crippen molar-refractivity contribution in [1.82, 2.24) is 9.80 Å². The van der Waals surface area contributed by atoms with E-state index in [-0.39, 0.29) is 11.3 Å². The van der Waals surface area contributed by atoms with Gasteiger partial charge in [-0.15, -0.1) is 0 Å². The van der Waals surface area contributed by atoms with Gasteiger partial charge >= 0.3 is 0 Å². The molecule has 0 aromatic heterocycles. The van der Waals surface area contributed by atoms with Crippen molar-refractivity contribution in [3.05, 3.63) is 71.8 Å². The third-order valence-electron chi connectivity index (χ3n) is 6.66. The maximum absolute atomic E-state index is 13.4. The predicted molar refractivity (Wildman–Crippen MR) is 136 cm³/mol. The van der Waals surface area contributed by atoms with Crippen LogP contribution in [0.3, 0.4) is 0 Å². The molecule has 5 rings (SSSR count). The van der Waals surface area contributed by atoms with Crippen LogP contribution in [0.5, 0.6) is 17.2 Å². The minimum Gasteiger partial charge on any atom is -0.507 e. The van der Waals surface area contributed by atoms with E-state index in [1.165, 1.54) is 4.90 Å². The van der Waals surface area contributed by atoms with Crippen molar-refractivity contribution in [2.45, 2.75) is 6.04 Å². The number of Topliss-reactive ketones (excluding diaryl/α,β-unsaturated/α-hetero) is 1. The van der Waals surface area contributed by atoms with E-state index in [0.717, 1.165) is 13.1 Å². The Morgan fingerprint density at radius 2 is 1.81 bits per heavy atom. The van der Waals surface area contributed by atoms with E-state index in [4.69, 9.17) is 18.9 Å². The molecule has 2 fully saturated rings. The molecule has 0 unspecified atom stereocenters. The largest absolute Gasteiger partial charge is 0.507 e. The van der Waals surface area contributed by atoms with E-state index in [9.17, 15) is 14.7 Å². The molecule has 0 radical (unpaired) electrons. The van der Waals surface area contributed by atoms with Gasteiger partial charge < -0.3 is 29.0 Å².